The van der Waals surface area contributed by atoms with Crippen molar-refractivity contribution in [2.24, 2.45) is 0 Å². The molecular formula is C25H24F2N4O. The second-order valence-corrected chi connectivity index (χ2v) is 8.24. The summed E-state index contributed by atoms with van der Waals surface area (Å²) in [7, 11) is 0. The quantitative estimate of drug-likeness (QED) is 0.452. The summed E-state index contributed by atoms with van der Waals surface area (Å²) in [5.41, 5.74) is 4.36. The highest BCUT2D eigenvalue weighted by molar-refractivity contribution is 5.78. The maximum Gasteiger partial charge on any atom is 0.162 e. The molecule has 1 atom stereocenters. The van der Waals surface area contributed by atoms with E-state index in [0.29, 0.717) is 24.7 Å². The number of likely N-dealkylation sites (tertiary alicyclic amines) is 1. The molecule has 0 saturated carbocycles. The molecular weight excluding hydrogens is 410 g/mol. The molecule has 0 spiro atoms. The number of ether oxygens (including phenoxy) is 1. The monoisotopic (exact) mass is 434 g/mol. The van der Waals surface area contributed by atoms with Crippen molar-refractivity contribution >= 4 is 10.9 Å². The minimum absolute atomic E-state index is 0.319. The van der Waals surface area contributed by atoms with Gasteiger partial charge in [-0.2, -0.15) is 5.10 Å². The Hall–Kier alpha value is -3.32. The Bertz CT molecular complexity index is 1230. The Kier molecular flexibility index (Phi) is 5.81. The van der Waals surface area contributed by atoms with Gasteiger partial charge in [0.25, 0.3) is 0 Å². The average Bonchev–Trinajstić information content (AvgIpc) is 3.46. The Labute approximate surface area is 185 Å². The summed E-state index contributed by atoms with van der Waals surface area (Å²) in [4.78, 5) is 6.85. The van der Waals surface area contributed by atoms with Gasteiger partial charge in [-0.25, -0.2) is 8.78 Å². The van der Waals surface area contributed by atoms with Crippen LogP contribution in [0.15, 0.2) is 60.8 Å². The van der Waals surface area contributed by atoms with E-state index in [1.807, 2.05) is 12.3 Å². The Morgan fingerprint density at radius 1 is 1.06 bits per heavy atom. The third kappa shape index (κ3) is 4.62. The summed E-state index contributed by atoms with van der Waals surface area (Å²) in [5, 5.41) is 8.76. The number of halogens is 2. The molecule has 1 aliphatic heterocycles. The first-order chi connectivity index (χ1) is 15.6. The highest BCUT2D eigenvalue weighted by Crippen LogP contribution is 2.28. The molecule has 5 rings (SSSR count). The zero-order valence-corrected chi connectivity index (χ0v) is 17.6. The molecule has 5 nitrogen and oxygen atoms in total. The molecule has 1 unspecified atom stereocenters. The SMILES string of the molecule is Fc1ccc(OCCc2cc(C3CCN(Cc4ccc5ncccc5c4)C3)n[nH]2)cc1F. The van der Waals surface area contributed by atoms with Crippen LogP contribution < -0.4 is 4.74 Å². The van der Waals surface area contributed by atoms with E-state index in [2.05, 4.69) is 50.4 Å². The van der Waals surface area contributed by atoms with Crippen molar-refractivity contribution in [1.29, 1.82) is 0 Å². The molecule has 2 aromatic carbocycles. The summed E-state index contributed by atoms with van der Waals surface area (Å²) in [6.07, 6.45) is 3.51. The van der Waals surface area contributed by atoms with Crippen molar-refractivity contribution in [3.8, 4) is 5.75 Å². The van der Waals surface area contributed by atoms with Crippen LogP contribution >= 0.6 is 0 Å². The number of H-pyrrole nitrogens is 1. The molecule has 0 bridgehead atoms. The largest absolute Gasteiger partial charge is 0.493 e. The van der Waals surface area contributed by atoms with Crippen LogP contribution in [-0.2, 0) is 13.0 Å². The first-order valence-corrected chi connectivity index (χ1v) is 10.8. The third-order valence-corrected chi connectivity index (χ3v) is 5.95. The van der Waals surface area contributed by atoms with Gasteiger partial charge >= 0.3 is 0 Å². The van der Waals surface area contributed by atoms with E-state index in [1.165, 1.54) is 17.0 Å². The molecule has 32 heavy (non-hydrogen) atoms. The second-order valence-electron chi connectivity index (χ2n) is 8.24. The van der Waals surface area contributed by atoms with E-state index < -0.39 is 11.6 Å². The highest BCUT2D eigenvalue weighted by Gasteiger charge is 2.25. The fourth-order valence-corrected chi connectivity index (χ4v) is 4.26. The van der Waals surface area contributed by atoms with Crippen LogP contribution in [0.25, 0.3) is 10.9 Å². The van der Waals surface area contributed by atoms with Gasteiger partial charge in [0.15, 0.2) is 11.6 Å². The van der Waals surface area contributed by atoms with Crippen LogP contribution in [-0.4, -0.2) is 39.8 Å². The number of aromatic nitrogens is 3. The van der Waals surface area contributed by atoms with Crippen molar-refractivity contribution in [2.75, 3.05) is 19.7 Å². The molecule has 2 aromatic heterocycles. The zero-order valence-electron chi connectivity index (χ0n) is 17.6. The number of rotatable bonds is 7. The number of nitrogens with zero attached hydrogens (tertiary/aromatic N) is 3. The van der Waals surface area contributed by atoms with Crippen LogP contribution in [0.1, 0.15) is 29.3 Å². The fraction of sp³-hybridized carbons (Fsp3) is 0.280. The smallest absolute Gasteiger partial charge is 0.162 e. The van der Waals surface area contributed by atoms with Gasteiger partial charge in [-0.1, -0.05) is 12.1 Å². The summed E-state index contributed by atoms with van der Waals surface area (Å²) < 4.78 is 31.8. The van der Waals surface area contributed by atoms with Gasteiger partial charge in [0, 0.05) is 48.8 Å². The first-order valence-electron chi connectivity index (χ1n) is 10.8. The van der Waals surface area contributed by atoms with E-state index in [9.17, 15) is 8.78 Å². The summed E-state index contributed by atoms with van der Waals surface area (Å²) in [6, 6.07) is 16.2. The standard InChI is InChI=1S/C25H24F2N4O/c26-22-5-4-21(14-23(22)27)32-11-8-20-13-25(30-29-20)19-7-10-31(16-19)15-17-3-6-24-18(12-17)2-1-9-28-24/h1-6,9,12-14,19H,7-8,10-11,15-16H2,(H,29,30). The molecule has 1 fully saturated rings. The Balaban J connectivity index is 1.14. The summed E-state index contributed by atoms with van der Waals surface area (Å²) >= 11 is 0. The number of benzene rings is 2. The van der Waals surface area contributed by atoms with E-state index in [1.54, 1.807) is 0 Å². The minimum Gasteiger partial charge on any atom is -0.493 e. The van der Waals surface area contributed by atoms with Gasteiger partial charge in [-0.3, -0.25) is 15.0 Å². The van der Waals surface area contributed by atoms with Gasteiger partial charge in [0.05, 0.1) is 17.8 Å². The van der Waals surface area contributed by atoms with E-state index in [-0.39, 0.29) is 0 Å². The lowest BCUT2D eigenvalue weighted by Gasteiger charge is -2.16. The topological polar surface area (TPSA) is 54.0 Å². The van der Waals surface area contributed by atoms with E-state index in [0.717, 1.165) is 55.1 Å². The lowest BCUT2D eigenvalue weighted by atomic mass is 10.0. The molecule has 1 N–H and O–H groups in total. The number of nitrogens with one attached hydrogen (secondary N) is 1. The molecule has 7 heteroatoms. The van der Waals surface area contributed by atoms with Crippen LogP contribution in [0, 0.1) is 11.6 Å². The molecule has 4 aromatic rings. The molecule has 0 radical (unpaired) electrons. The number of hydrogen-bond donors (Lipinski definition) is 1. The number of fused-ring (bicyclic) bond motifs is 1. The molecule has 3 heterocycles. The minimum atomic E-state index is -0.905. The van der Waals surface area contributed by atoms with Gasteiger partial charge in [-0.05, 0) is 54.9 Å². The molecule has 164 valence electrons. The maximum absolute atomic E-state index is 13.3. The number of hydrogen-bond acceptors (Lipinski definition) is 4. The van der Waals surface area contributed by atoms with Gasteiger partial charge in [0.2, 0.25) is 0 Å². The molecule has 0 amide bonds. The van der Waals surface area contributed by atoms with Crippen molar-refractivity contribution in [3.63, 3.8) is 0 Å². The average molecular weight is 434 g/mol. The van der Waals surface area contributed by atoms with Crippen LogP contribution in [0.2, 0.25) is 0 Å². The van der Waals surface area contributed by atoms with Gasteiger partial charge in [0.1, 0.15) is 5.75 Å². The predicted octanol–water partition coefficient (Wildman–Crippen LogP) is 4.85. The Morgan fingerprint density at radius 2 is 2.00 bits per heavy atom. The van der Waals surface area contributed by atoms with Crippen molar-refractivity contribution in [2.45, 2.75) is 25.3 Å². The zero-order chi connectivity index (χ0) is 21.9. The van der Waals surface area contributed by atoms with E-state index in [4.69, 9.17) is 4.74 Å². The highest BCUT2D eigenvalue weighted by atomic mass is 19.2. The lowest BCUT2D eigenvalue weighted by Crippen LogP contribution is -2.19. The summed E-state index contributed by atoms with van der Waals surface area (Å²) in [6.45, 7) is 3.29. The molecule has 1 aliphatic rings. The van der Waals surface area contributed by atoms with Crippen molar-refractivity contribution < 1.29 is 13.5 Å². The normalized spacial score (nSPS) is 16.6. The Morgan fingerprint density at radius 3 is 2.91 bits per heavy atom. The van der Waals surface area contributed by atoms with Crippen LogP contribution in [0.4, 0.5) is 8.78 Å². The number of aromatic amines is 1. The van der Waals surface area contributed by atoms with Crippen LogP contribution in [0.3, 0.4) is 0 Å². The number of pyridine rings is 1. The van der Waals surface area contributed by atoms with Crippen molar-refractivity contribution in [3.05, 3.63) is 89.4 Å². The van der Waals surface area contributed by atoms with Gasteiger partial charge < -0.3 is 4.74 Å². The predicted molar refractivity (Wildman–Crippen MR) is 119 cm³/mol. The molecule has 1 saturated heterocycles. The lowest BCUT2D eigenvalue weighted by molar-refractivity contribution is 0.317. The van der Waals surface area contributed by atoms with E-state index >= 15 is 0 Å². The first kappa shape index (κ1) is 20.6. The van der Waals surface area contributed by atoms with Crippen LogP contribution in [0.5, 0.6) is 5.75 Å². The fourth-order valence-electron chi connectivity index (χ4n) is 4.26. The third-order valence-electron chi connectivity index (χ3n) is 5.95. The maximum atomic E-state index is 13.3. The second kappa shape index (κ2) is 9.04. The summed E-state index contributed by atoms with van der Waals surface area (Å²) in [5.74, 6) is -1.06. The van der Waals surface area contributed by atoms with Crippen molar-refractivity contribution in [1.82, 2.24) is 20.1 Å². The molecule has 0 aliphatic carbocycles. The van der Waals surface area contributed by atoms with Gasteiger partial charge in [-0.15, -0.1) is 0 Å².